The summed E-state index contributed by atoms with van der Waals surface area (Å²) in [5.74, 6) is 2.37. The first-order chi connectivity index (χ1) is 8.40. The molecule has 1 aromatic rings. The Morgan fingerprint density at radius 2 is 2.22 bits per heavy atom. The molecule has 0 aliphatic carbocycles. The molecule has 0 saturated heterocycles. The van der Waals surface area contributed by atoms with Crippen molar-refractivity contribution in [3.05, 3.63) is 28.8 Å². The van der Waals surface area contributed by atoms with E-state index in [1.54, 1.807) is 6.92 Å². The lowest BCUT2D eigenvalue weighted by Crippen LogP contribution is -2.32. The van der Waals surface area contributed by atoms with Crippen molar-refractivity contribution < 1.29 is 8.42 Å². The number of benzene rings is 1. The fourth-order valence-electron chi connectivity index (χ4n) is 1.34. The quantitative estimate of drug-likeness (QED) is 0.858. The zero-order valence-electron chi connectivity index (χ0n) is 9.64. The van der Waals surface area contributed by atoms with Crippen LogP contribution in [0.3, 0.4) is 0 Å². The number of terminal acetylenes is 1. The molecule has 0 bridgehead atoms. The molecule has 0 aliphatic heterocycles. The Bertz CT molecular complexity index is 626. The minimum atomic E-state index is -3.72. The third-order valence-corrected chi connectivity index (χ3v) is 4.20. The Labute approximate surface area is 112 Å². The lowest BCUT2D eigenvalue weighted by Gasteiger charge is -2.12. The van der Waals surface area contributed by atoms with Crippen molar-refractivity contribution in [3.63, 3.8) is 0 Å². The summed E-state index contributed by atoms with van der Waals surface area (Å²) in [5.41, 5.74) is 0.302. The molecular weight excluding hydrogens is 272 g/mol. The van der Waals surface area contributed by atoms with Crippen LogP contribution in [0.1, 0.15) is 18.9 Å². The monoisotopic (exact) mass is 282 g/mol. The molecular formula is C12H11ClN2O2S. The van der Waals surface area contributed by atoms with Crippen LogP contribution in [0.2, 0.25) is 5.02 Å². The van der Waals surface area contributed by atoms with Gasteiger partial charge in [-0.05, 0) is 25.1 Å². The van der Waals surface area contributed by atoms with E-state index in [1.165, 1.54) is 18.2 Å². The summed E-state index contributed by atoms with van der Waals surface area (Å²) in [6, 6.07) is 5.50. The summed E-state index contributed by atoms with van der Waals surface area (Å²) in [6.45, 7) is 1.66. The lowest BCUT2D eigenvalue weighted by atomic mass is 10.2. The minimum Gasteiger partial charge on any atom is -0.207 e. The van der Waals surface area contributed by atoms with Crippen LogP contribution < -0.4 is 4.72 Å². The topological polar surface area (TPSA) is 70.0 Å². The van der Waals surface area contributed by atoms with Crippen LogP contribution in [-0.4, -0.2) is 14.5 Å². The average Bonchev–Trinajstić information content (AvgIpc) is 2.27. The van der Waals surface area contributed by atoms with Crippen LogP contribution >= 0.6 is 11.6 Å². The molecule has 4 nitrogen and oxygen atoms in total. The highest BCUT2D eigenvalue weighted by Crippen LogP contribution is 2.22. The Kier molecular flexibility index (Phi) is 4.75. The number of hydrogen-bond donors (Lipinski definition) is 1. The number of hydrogen-bond acceptors (Lipinski definition) is 3. The van der Waals surface area contributed by atoms with Gasteiger partial charge >= 0.3 is 0 Å². The molecule has 0 spiro atoms. The molecule has 1 atom stereocenters. The van der Waals surface area contributed by atoms with Crippen molar-refractivity contribution >= 4 is 21.6 Å². The highest BCUT2D eigenvalue weighted by Gasteiger charge is 2.20. The predicted octanol–water partition coefficient (Wildman–Crippen LogP) is 1.90. The summed E-state index contributed by atoms with van der Waals surface area (Å²) < 4.78 is 26.4. The van der Waals surface area contributed by atoms with Crippen molar-refractivity contribution in [2.75, 3.05) is 0 Å². The van der Waals surface area contributed by atoms with Crippen LogP contribution in [0, 0.1) is 23.7 Å². The molecule has 0 amide bonds. The standard InChI is InChI=1S/C12H11ClN2O2S/c1-3-4-9(2)15-18(16,17)12-6-5-10(8-14)7-11(12)13/h1,5-7,9,15H,4H2,2H3. The van der Waals surface area contributed by atoms with E-state index >= 15 is 0 Å². The normalized spacial score (nSPS) is 12.4. The molecule has 0 radical (unpaired) electrons. The Hall–Kier alpha value is -1.53. The van der Waals surface area contributed by atoms with Crippen LogP contribution in [0.4, 0.5) is 0 Å². The summed E-state index contributed by atoms with van der Waals surface area (Å²) in [5, 5.41) is 8.68. The van der Waals surface area contributed by atoms with E-state index in [1.807, 2.05) is 6.07 Å². The highest BCUT2D eigenvalue weighted by molar-refractivity contribution is 7.89. The number of nitrogens with zero attached hydrogens (tertiary/aromatic N) is 1. The second-order valence-corrected chi connectivity index (χ2v) is 5.78. The van der Waals surface area contributed by atoms with Gasteiger partial charge in [0.1, 0.15) is 4.90 Å². The zero-order chi connectivity index (χ0) is 13.8. The Morgan fingerprint density at radius 3 is 2.72 bits per heavy atom. The number of rotatable bonds is 4. The maximum absolute atomic E-state index is 12.0. The fraction of sp³-hybridized carbons (Fsp3) is 0.250. The van der Waals surface area contributed by atoms with Gasteiger partial charge in [0.15, 0.2) is 0 Å². The van der Waals surface area contributed by atoms with Crippen molar-refractivity contribution in [2.24, 2.45) is 0 Å². The van der Waals surface area contributed by atoms with E-state index in [0.29, 0.717) is 5.56 Å². The van der Waals surface area contributed by atoms with Gasteiger partial charge in [0.2, 0.25) is 10.0 Å². The molecule has 1 aromatic carbocycles. The van der Waals surface area contributed by atoms with E-state index in [0.717, 1.165) is 0 Å². The second-order valence-electron chi connectivity index (χ2n) is 3.69. The van der Waals surface area contributed by atoms with Gasteiger partial charge in [-0.2, -0.15) is 5.26 Å². The number of halogens is 1. The lowest BCUT2D eigenvalue weighted by molar-refractivity contribution is 0.563. The summed E-state index contributed by atoms with van der Waals surface area (Å²) in [7, 11) is -3.72. The van der Waals surface area contributed by atoms with Crippen LogP contribution in [0.15, 0.2) is 23.1 Å². The number of nitriles is 1. The van der Waals surface area contributed by atoms with Gasteiger partial charge < -0.3 is 0 Å². The second kappa shape index (κ2) is 5.88. The minimum absolute atomic E-state index is 0.00876. The van der Waals surface area contributed by atoms with Crippen molar-refractivity contribution in [1.29, 1.82) is 5.26 Å². The van der Waals surface area contributed by atoms with E-state index in [-0.39, 0.29) is 22.4 Å². The van der Waals surface area contributed by atoms with Gasteiger partial charge in [-0.1, -0.05) is 11.6 Å². The maximum atomic E-state index is 12.0. The van der Waals surface area contributed by atoms with E-state index < -0.39 is 10.0 Å². The first-order valence-electron chi connectivity index (χ1n) is 5.06. The Morgan fingerprint density at radius 1 is 1.56 bits per heavy atom. The molecule has 1 N–H and O–H groups in total. The largest absolute Gasteiger partial charge is 0.242 e. The SMILES string of the molecule is C#CCC(C)NS(=O)(=O)c1ccc(C#N)cc1Cl. The molecule has 0 fully saturated rings. The molecule has 94 valence electrons. The van der Waals surface area contributed by atoms with E-state index in [4.69, 9.17) is 23.3 Å². The van der Waals surface area contributed by atoms with Gasteiger partial charge in [0.25, 0.3) is 0 Å². The van der Waals surface area contributed by atoms with E-state index in [2.05, 4.69) is 10.6 Å². The zero-order valence-corrected chi connectivity index (χ0v) is 11.2. The van der Waals surface area contributed by atoms with Gasteiger partial charge in [-0.15, -0.1) is 12.3 Å². The first kappa shape index (κ1) is 14.5. The fourth-order valence-corrected chi connectivity index (χ4v) is 3.12. The summed E-state index contributed by atoms with van der Waals surface area (Å²) in [6.07, 6.45) is 5.39. The van der Waals surface area contributed by atoms with Gasteiger partial charge in [-0.3, -0.25) is 0 Å². The molecule has 6 heteroatoms. The molecule has 1 rings (SSSR count). The van der Waals surface area contributed by atoms with Crippen LogP contribution in [0.5, 0.6) is 0 Å². The van der Waals surface area contributed by atoms with Gasteiger partial charge in [0.05, 0.1) is 16.7 Å². The summed E-state index contributed by atoms with van der Waals surface area (Å²) >= 11 is 5.84. The van der Waals surface area contributed by atoms with Crippen LogP contribution in [0.25, 0.3) is 0 Å². The van der Waals surface area contributed by atoms with Crippen LogP contribution in [-0.2, 0) is 10.0 Å². The van der Waals surface area contributed by atoms with Gasteiger partial charge in [-0.25, -0.2) is 13.1 Å². The van der Waals surface area contributed by atoms with Crippen molar-refractivity contribution in [2.45, 2.75) is 24.3 Å². The third kappa shape index (κ3) is 3.48. The molecule has 0 saturated carbocycles. The number of sulfonamides is 1. The van der Waals surface area contributed by atoms with Gasteiger partial charge in [0, 0.05) is 12.5 Å². The third-order valence-electron chi connectivity index (χ3n) is 2.13. The highest BCUT2D eigenvalue weighted by atomic mass is 35.5. The first-order valence-corrected chi connectivity index (χ1v) is 6.92. The molecule has 0 heterocycles. The van der Waals surface area contributed by atoms with E-state index in [9.17, 15) is 8.42 Å². The summed E-state index contributed by atoms with van der Waals surface area (Å²) in [4.78, 5) is -0.0629. The predicted molar refractivity (Wildman–Crippen MR) is 69.4 cm³/mol. The smallest absolute Gasteiger partial charge is 0.207 e. The number of nitrogens with one attached hydrogen (secondary N) is 1. The molecule has 18 heavy (non-hydrogen) atoms. The van der Waals surface area contributed by atoms with Crippen molar-refractivity contribution in [3.8, 4) is 18.4 Å². The van der Waals surface area contributed by atoms with Crippen molar-refractivity contribution in [1.82, 2.24) is 4.72 Å². The molecule has 1 unspecified atom stereocenters. The Balaban J connectivity index is 3.07. The maximum Gasteiger partial charge on any atom is 0.242 e. The average molecular weight is 283 g/mol. The molecule has 0 aromatic heterocycles. The molecule has 0 aliphatic rings.